The van der Waals surface area contributed by atoms with Gasteiger partial charge in [0, 0.05) is 11.2 Å². The van der Waals surface area contributed by atoms with Crippen LogP contribution in [0.3, 0.4) is 0 Å². The molecule has 1 aromatic heterocycles. The molecule has 1 heterocycles. The van der Waals surface area contributed by atoms with Gasteiger partial charge in [-0.05, 0) is 50.2 Å². The predicted octanol–water partition coefficient (Wildman–Crippen LogP) is 1.48. The third kappa shape index (κ3) is 7.30. The van der Waals surface area contributed by atoms with Gasteiger partial charge in [-0.2, -0.15) is 0 Å². The molecule has 2 rings (SSSR count). The van der Waals surface area contributed by atoms with Crippen molar-refractivity contribution in [1.29, 1.82) is 0 Å². The molecule has 0 aliphatic heterocycles. The summed E-state index contributed by atoms with van der Waals surface area (Å²) in [5, 5.41) is 2.72. The predicted molar refractivity (Wildman–Crippen MR) is 106 cm³/mol. The van der Waals surface area contributed by atoms with E-state index in [2.05, 4.69) is 21.2 Å². The SMILES string of the molecule is CCOc1ccc(O[C@H](C)C(=O)NNC(=O)CNC(=O)c2cc(Cl)ccn2)cc1. The van der Waals surface area contributed by atoms with E-state index in [0.29, 0.717) is 23.1 Å². The molecule has 2 aromatic rings. The van der Waals surface area contributed by atoms with Crippen molar-refractivity contribution in [3.8, 4) is 11.5 Å². The number of hydrazine groups is 1. The van der Waals surface area contributed by atoms with Crippen LogP contribution in [0.2, 0.25) is 5.02 Å². The first-order valence-corrected chi connectivity index (χ1v) is 9.14. The summed E-state index contributed by atoms with van der Waals surface area (Å²) in [5.41, 5.74) is 4.50. The second-order valence-electron chi connectivity index (χ2n) is 5.74. The van der Waals surface area contributed by atoms with Crippen molar-refractivity contribution in [3.05, 3.63) is 53.3 Å². The lowest BCUT2D eigenvalue weighted by molar-refractivity contribution is -0.132. The molecule has 1 atom stereocenters. The van der Waals surface area contributed by atoms with E-state index in [1.54, 1.807) is 24.3 Å². The van der Waals surface area contributed by atoms with Gasteiger partial charge in [0.25, 0.3) is 17.7 Å². The molecular weight excluding hydrogens is 400 g/mol. The Kier molecular flexibility index (Phi) is 8.23. The van der Waals surface area contributed by atoms with Crippen LogP contribution in [0.15, 0.2) is 42.6 Å². The highest BCUT2D eigenvalue weighted by Crippen LogP contribution is 2.18. The number of carbonyl (C=O) groups excluding carboxylic acids is 3. The highest BCUT2D eigenvalue weighted by atomic mass is 35.5. The Morgan fingerprint density at radius 1 is 1.10 bits per heavy atom. The molecule has 9 nitrogen and oxygen atoms in total. The maximum absolute atomic E-state index is 12.0. The Bertz CT molecular complexity index is 860. The van der Waals surface area contributed by atoms with E-state index in [1.807, 2.05) is 6.92 Å². The molecule has 0 aliphatic carbocycles. The van der Waals surface area contributed by atoms with Gasteiger partial charge in [-0.25, -0.2) is 0 Å². The molecule has 0 radical (unpaired) electrons. The van der Waals surface area contributed by atoms with Crippen molar-refractivity contribution in [2.24, 2.45) is 0 Å². The fourth-order valence-electron chi connectivity index (χ4n) is 2.10. The molecule has 154 valence electrons. The smallest absolute Gasteiger partial charge is 0.279 e. The molecular formula is C19H21ClN4O5. The summed E-state index contributed by atoms with van der Waals surface area (Å²) in [6.45, 7) is 3.60. The zero-order valence-corrected chi connectivity index (χ0v) is 16.7. The van der Waals surface area contributed by atoms with Gasteiger partial charge in [0.1, 0.15) is 17.2 Å². The van der Waals surface area contributed by atoms with E-state index >= 15 is 0 Å². The van der Waals surface area contributed by atoms with Crippen LogP contribution in [-0.2, 0) is 9.59 Å². The van der Waals surface area contributed by atoms with Crippen LogP contribution in [0.25, 0.3) is 0 Å². The van der Waals surface area contributed by atoms with E-state index in [4.69, 9.17) is 21.1 Å². The average Bonchev–Trinajstić information content (AvgIpc) is 2.71. The number of nitrogens with one attached hydrogen (secondary N) is 3. The standard InChI is InChI=1S/C19H21ClN4O5/c1-3-28-14-4-6-15(7-5-14)29-12(2)18(26)24-23-17(25)11-22-19(27)16-10-13(20)8-9-21-16/h4-10,12H,3,11H2,1-2H3,(H,22,27)(H,23,25)(H,24,26)/t12-/m1/s1. The Morgan fingerprint density at radius 3 is 2.45 bits per heavy atom. The number of pyridine rings is 1. The molecule has 3 N–H and O–H groups in total. The maximum atomic E-state index is 12.0. The fourth-order valence-corrected chi connectivity index (χ4v) is 2.26. The van der Waals surface area contributed by atoms with E-state index in [9.17, 15) is 14.4 Å². The average molecular weight is 421 g/mol. The molecule has 0 spiro atoms. The number of nitrogens with zero attached hydrogens (tertiary/aromatic N) is 1. The number of ether oxygens (including phenoxy) is 2. The molecule has 10 heteroatoms. The molecule has 0 saturated carbocycles. The molecule has 3 amide bonds. The molecule has 0 unspecified atom stereocenters. The van der Waals surface area contributed by atoms with Gasteiger partial charge in [0.05, 0.1) is 13.2 Å². The Hall–Kier alpha value is -3.33. The van der Waals surface area contributed by atoms with Gasteiger partial charge in [-0.15, -0.1) is 0 Å². The second-order valence-corrected chi connectivity index (χ2v) is 6.18. The lowest BCUT2D eigenvalue weighted by Gasteiger charge is -2.15. The summed E-state index contributed by atoms with van der Waals surface area (Å²) < 4.78 is 10.8. The van der Waals surface area contributed by atoms with Crippen molar-refractivity contribution in [3.63, 3.8) is 0 Å². The van der Waals surface area contributed by atoms with Crippen LogP contribution in [0.1, 0.15) is 24.3 Å². The summed E-state index contributed by atoms with van der Waals surface area (Å²) in [6, 6.07) is 9.69. The summed E-state index contributed by atoms with van der Waals surface area (Å²) in [4.78, 5) is 39.6. The van der Waals surface area contributed by atoms with Crippen LogP contribution in [-0.4, -0.2) is 42.0 Å². The van der Waals surface area contributed by atoms with E-state index < -0.39 is 23.8 Å². The quantitative estimate of drug-likeness (QED) is 0.556. The topological polar surface area (TPSA) is 119 Å². The van der Waals surface area contributed by atoms with Gasteiger partial charge < -0.3 is 14.8 Å². The van der Waals surface area contributed by atoms with Crippen LogP contribution in [0.4, 0.5) is 0 Å². The first kappa shape index (κ1) is 22.0. The normalized spacial score (nSPS) is 11.1. The minimum Gasteiger partial charge on any atom is -0.494 e. The number of carbonyl (C=O) groups is 3. The number of amides is 3. The molecule has 0 saturated heterocycles. The number of rotatable bonds is 8. The second kappa shape index (κ2) is 10.9. The summed E-state index contributed by atoms with van der Waals surface area (Å²) in [7, 11) is 0. The Balaban J connectivity index is 1.73. The third-order valence-corrected chi connectivity index (χ3v) is 3.74. The van der Waals surface area contributed by atoms with Crippen LogP contribution in [0.5, 0.6) is 11.5 Å². The zero-order chi connectivity index (χ0) is 21.2. The third-order valence-electron chi connectivity index (χ3n) is 3.51. The fraction of sp³-hybridized carbons (Fsp3) is 0.263. The minimum absolute atomic E-state index is 0.0757. The Labute approximate surface area is 172 Å². The summed E-state index contributed by atoms with van der Waals surface area (Å²) >= 11 is 5.78. The van der Waals surface area contributed by atoms with Crippen LogP contribution < -0.4 is 25.6 Å². The van der Waals surface area contributed by atoms with E-state index in [0.717, 1.165) is 0 Å². The molecule has 29 heavy (non-hydrogen) atoms. The Morgan fingerprint density at radius 2 is 1.79 bits per heavy atom. The lowest BCUT2D eigenvalue weighted by atomic mass is 10.3. The zero-order valence-electron chi connectivity index (χ0n) is 15.9. The summed E-state index contributed by atoms with van der Waals surface area (Å²) in [6.07, 6.45) is 0.516. The van der Waals surface area contributed by atoms with Gasteiger partial charge >= 0.3 is 0 Å². The highest BCUT2D eigenvalue weighted by molar-refractivity contribution is 6.30. The van der Waals surface area contributed by atoms with Crippen LogP contribution in [0, 0.1) is 0 Å². The lowest BCUT2D eigenvalue weighted by Crippen LogP contribution is -2.50. The number of aromatic nitrogens is 1. The minimum atomic E-state index is -0.863. The van der Waals surface area contributed by atoms with Crippen molar-refractivity contribution in [2.45, 2.75) is 20.0 Å². The maximum Gasteiger partial charge on any atom is 0.279 e. The molecule has 0 aliphatic rings. The summed E-state index contributed by atoms with van der Waals surface area (Å²) in [5.74, 6) is -0.582. The first-order valence-electron chi connectivity index (χ1n) is 8.77. The first-order chi connectivity index (χ1) is 13.9. The van der Waals surface area contributed by atoms with Crippen molar-refractivity contribution < 1.29 is 23.9 Å². The molecule has 0 bridgehead atoms. The van der Waals surface area contributed by atoms with Gasteiger partial charge in [0.2, 0.25) is 0 Å². The largest absolute Gasteiger partial charge is 0.494 e. The molecule has 1 aromatic carbocycles. The van der Waals surface area contributed by atoms with Crippen molar-refractivity contribution in [2.75, 3.05) is 13.2 Å². The number of hydrogen-bond donors (Lipinski definition) is 3. The van der Waals surface area contributed by atoms with E-state index in [-0.39, 0.29) is 12.2 Å². The van der Waals surface area contributed by atoms with Gasteiger partial charge in [0.15, 0.2) is 6.10 Å². The monoisotopic (exact) mass is 420 g/mol. The number of hydrogen-bond acceptors (Lipinski definition) is 6. The van der Waals surface area contributed by atoms with Crippen molar-refractivity contribution in [1.82, 2.24) is 21.2 Å². The number of halogens is 1. The number of benzene rings is 1. The van der Waals surface area contributed by atoms with Crippen LogP contribution >= 0.6 is 11.6 Å². The molecule has 0 fully saturated rings. The van der Waals surface area contributed by atoms with Gasteiger partial charge in [-0.3, -0.25) is 30.2 Å². The van der Waals surface area contributed by atoms with Crippen molar-refractivity contribution >= 4 is 29.3 Å². The van der Waals surface area contributed by atoms with Gasteiger partial charge in [-0.1, -0.05) is 11.6 Å². The van der Waals surface area contributed by atoms with E-state index in [1.165, 1.54) is 25.3 Å². The highest BCUT2D eigenvalue weighted by Gasteiger charge is 2.16.